The van der Waals surface area contributed by atoms with Gasteiger partial charge in [-0.25, -0.2) is 4.39 Å². The van der Waals surface area contributed by atoms with Crippen LogP contribution in [0.5, 0.6) is 0 Å². The number of nitrogens with one attached hydrogen (secondary N) is 1. The number of amides is 1. The first-order valence-electron chi connectivity index (χ1n) is 7.81. The van der Waals surface area contributed by atoms with Crippen molar-refractivity contribution in [3.63, 3.8) is 0 Å². The van der Waals surface area contributed by atoms with E-state index in [9.17, 15) is 9.18 Å². The Kier molecular flexibility index (Phi) is 5.77. The van der Waals surface area contributed by atoms with Crippen molar-refractivity contribution in [3.05, 3.63) is 29.6 Å². The van der Waals surface area contributed by atoms with Crippen LogP contribution in [0.2, 0.25) is 0 Å². The van der Waals surface area contributed by atoms with Gasteiger partial charge in [-0.15, -0.1) is 0 Å². The van der Waals surface area contributed by atoms with Crippen LogP contribution in [0.1, 0.15) is 25.3 Å². The van der Waals surface area contributed by atoms with Crippen LogP contribution in [0.3, 0.4) is 0 Å². The number of hydrogen-bond donors (Lipinski definition) is 1. The maximum absolute atomic E-state index is 13.9. The van der Waals surface area contributed by atoms with Crippen LogP contribution in [0, 0.1) is 18.7 Å². The van der Waals surface area contributed by atoms with Gasteiger partial charge in [0.2, 0.25) is 5.91 Å². The van der Waals surface area contributed by atoms with Crippen LogP contribution < -0.4 is 10.2 Å². The largest absolute Gasteiger partial charge is 0.384 e. The van der Waals surface area contributed by atoms with Crippen LogP contribution >= 0.6 is 0 Å². The van der Waals surface area contributed by atoms with E-state index in [0.717, 1.165) is 31.5 Å². The lowest BCUT2D eigenvalue weighted by Gasteiger charge is -2.34. The number of piperidine rings is 1. The van der Waals surface area contributed by atoms with Crippen LogP contribution in [-0.2, 0) is 9.53 Å². The van der Waals surface area contributed by atoms with E-state index in [-0.39, 0.29) is 23.7 Å². The molecule has 1 atom stereocenters. The Bertz CT molecular complexity index is 513. The molecule has 1 saturated heterocycles. The number of carbonyl (C=O) groups excluding carboxylic acids is 1. The van der Waals surface area contributed by atoms with E-state index in [2.05, 4.69) is 10.2 Å². The van der Waals surface area contributed by atoms with Crippen molar-refractivity contribution >= 4 is 11.6 Å². The van der Waals surface area contributed by atoms with Gasteiger partial charge >= 0.3 is 0 Å². The molecule has 1 fully saturated rings. The van der Waals surface area contributed by atoms with E-state index in [1.54, 1.807) is 13.2 Å². The fraction of sp³-hybridized carbons (Fsp3) is 0.588. The van der Waals surface area contributed by atoms with Gasteiger partial charge in [0.25, 0.3) is 0 Å². The molecule has 0 spiro atoms. The van der Waals surface area contributed by atoms with Gasteiger partial charge in [-0.05, 0) is 37.5 Å². The predicted octanol–water partition coefficient (Wildman–Crippen LogP) is 2.50. The van der Waals surface area contributed by atoms with Crippen molar-refractivity contribution in [1.82, 2.24) is 5.32 Å². The SMILES string of the molecule is COC[C@H](C)C(=O)NC1CCN(c2cc(C)ccc2F)CC1. The Hall–Kier alpha value is -1.62. The van der Waals surface area contributed by atoms with E-state index in [1.165, 1.54) is 6.07 Å². The number of rotatable bonds is 5. The Morgan fingerprint density at radius 3 is 2.77 bits per heavy atom. The highest BCUT2D eigenvalue weighted by Crippen LogP contribution is 2.24. The summed E-state index contributed by atoms with van der Waals surface area (Å²) in [5, 5.41) is 3.06. The number of nitrogens with zero attached hydrogens (tertiary/aromatic N) is 1. The monoisotopic (exact) mass is 308 g/mol. The van der Waals surface area contributed by atoms with Crippen molar-refractivity contribution in [1.29, 1.82) is 0 Å². The third-order valence-corrected chi connectivity index (χ3v) is 4.15. The number of anilines is 1. The van der Waals surface area contributed by atoms with Gasteiger partial charge in [-0.3, -0.25) is 4.79 Å². The summed E-state index contributed by atoms with van der Waals surface area (Å²) in [4.78, 5) is 14.0. The van der Waals surface area contributed by atoms with Gasteiger partial charge in [0, 0.05) is 26.2 Å². The summed E-state index contributed by atoms with van der Waals surface area (Å²) in [7, 11) is 1.60. The summed E-state index contributed by atoms with van der Waals surface area (Å²) < 4.78 is 18.9. The second kappa shape index (κ2) is 7.58. The highest BCUT2D eigenvalue weighted by molar-refractivity contribution is 5.78. The number of ether oxygens (including phenoxy) is 1. The first-order valence-corrected chi connectivity index (χ1v) is 7.81. The number of halogens is 1. The fourth-order valence-electron chi connectivity index (χ4n) is 2.80. The molecule has 2 rings (SSSR count). The first kappa shape index (κ1) is 16.7. The number of methoxy groups -OCH3 is 1. The molecule has 0 radical (unpaired) electrons. The van der Waals surface area contributed by atoms with Gasteiger partial charge < -0.3 is 15.0 Å². The number of hydrogen-bond acceptors (Lipinski definition) is 3. The molecular weight excluding hydrogens is 283 g/mol. The minimum atomic E-state index is -0.179. The smallest absolute Gasteiger partial charge is 0.225 e. The predicted molar refractivity (Wildman–Crippen MR) is 85.6 cm³/mol. The lowest BCUT2D eigenvalue weighted by molar-refractivity contribution is -0.126. The molecule has 5 heteroatoms. The molecule has 1 aliphatic rings. The molecule has 1 N–H and O–H groups in total. The van der Waals surface area contributed by atoms with Crippen molar-refractivity contribution < 1.29 is 13.9 Å². The van der Waals surface area contributed by atoms with Gasteiger partial charge in [-0.1, -0.05) is 13.0 Å². The van der Waals surface area contributed by atoms with Crippen LogP contribution in [-0.4, -0.2) is 38.8 Å². The molecule has 122 valence electrons. The summed E-state index contributed by atoms with van der Waals surface area (Å²) >= 11 is 0. The molecule has 0 aromatic heterocycles. The zero-order valence-electron chi connectivity index (χ0n) is 13.6. The molecule has 0 unspecified atom stereocenters. The van der Waals surface area contributed by atoms with Gasteiger partial charge in [0.05, 0.1) is 18.2 Å². The van der Waals surface area contributed by atoms with E-state index in [1.807, 2.05) is 19.9 Å². The minimum absolute atomic E-state index is 0.0297. The van der Waals surface area contributed by atoms with E-state index >= 15 is 0 Å². The summed E-state index contributed by atoms with van der Waals surface area (Å²) in [6, 6.07) is 5.35. The quantitative estimate of drug-likeness (QED) is 0.909. The summed E-state index contributed by atoms with van der Waals surface area (Å²) in [6.07, 6.45) is 1.66. The molecule has 1 amide bonds. The molecule has 0 bridgehead atoms. The van der Waals surface area contributed by atoms with E-state index in [0.29, 0.717) is 12.3 Å². The zero-order chi connectivity index (χ0) is 16.1. The molecule has 0 aliphatic carbocycles. The third kappa shape index (κ3) is 4.19. The number of benzene rings is 1. The maximum atomic E-state index is 13.9. The molecule has 1 aromatic carbocycles. The molecule has 4 nitrogen and oxygen atoms in total. The number of aryl methyl sites for hydroxylation is 1. The highest BCUT2D eigenvalue weighted by atomic mass is 19.1. The first-order chi connectivity index (χ1) is 10.5. The van der Waals surface area contributed by atoms with Gasteiger partial charge in [0.1, 0.15) is 5.82 Å². The fourth-order valence-corrected chi connectivity index (χ4v) is 2.80. The van der Waals surface area contributed by atoms with E-state index in [4.69, 9.17) is 4.74 Å². The Morgan fingerprint density at radius 2 is 2.14 bits per heavy atom. The van der Waals surface area contributed by atoms with E-state index < -0.39 is 0 Å². The Morgan fingerprint density at radius 1 is 1.45 bits per heavy atom. The highest BCUT2D eigenvalue weighted by Gasteiger charge is 2.24. The zero-order valence-corrected chi connectivity index (χ0v) is 13.6. The molecular formula is C17H25FN2O2. The van der Waals surface area contributed by atoms with Gasteiger partial charge in [-0.2, -0.15) is 0 Å². The average molecular weight is 308 g/mol. The summed E-state index contributed by atoms with van der Waals surface area (Å²) in [5.74, 6) is -0.291. The Labute approximate surface area is 131 Å². The second-order valence-corrected chi connectivity index (χ2v) is 6.08. The Balaban J connectivity index is 1.88. The van der Waals surface area contributed by atoms with Crippen LogP contribution in [0.4, 0.5) is 10.1 Å². The maximum Gasteiger partial charge on any atom is 0.225 e. The molecule has 22 heavy (non-hydrogen) atoms. The van der Waals surface area contributed by atoms with Crippen molar-refractivity contribution in [3.8, 4) is 0 Å². The lowest BCUT2D eigenvalue weighted by atomic mass is 10.0. The van der Waals surface area contributed by atoms with Crippen molar-refractivity contribution in [2.75, 3.05) is 31.7 Å². The standard InChI is InChI=1S/C17H25FN2O2/c1-12-4-5-15(18)16(10-12)20-8-6-14(7-9-20)19-17(21)13(2)11-22-3/h4-5,10,13-14H,6-9,11H2,1-3H3,(H,19,21)/t13-/m0/s1. The molecule has 1 aromatic rings. The van der Waals surface area contributed by atoms with Crippen molar-refractivity contribution in [2.24, 2.45) is 5.92 Å². The van der Waals surface area contributed by atoms with Crippen LogP contribution in [0.15, 0.2) is 18.2 Å². The molecule has 1 heterocycles. The van der Waals surface area contributed by atoms with Crippen LogP contribution in [0.25, 0.3) is 0 Å². The summed E-state index contributed by atoms with van der Waals surface area (Å²) in [6.45, 7) is 5.76. The second-order valence-electron chi connectivity index (χ2n) is 6.08. The molecule has 1 aliphatic heterocycles. The normalized spacial score (nSPS) is 17.4. The van der Waals surface area contributed by atoms with Crippen molar-refractivity contribution in [2.45, 2.75) is 32.7 Å². The molecule has 0 saturated carbocycles. The minimum Gasteiger partial charge on any atom is -0.384 e. The number of carbonyl (C=O) groups is 1. The third-order valence-electron chi connectivity index (χ3n) is 4.15. The topological polar surface area (TPSA) is 41.6 Å². The lowest BCUT2D eigenvalue weighted by Crippen LogP contribution is -2.46. The average Bonchev–Trinajstić information content (AvgIpc) is 2.51. The summed E-state index contributed by atoms with van der Waals surface area (Å²) in [5.41, 5.74) is 1.72. The van der Waals surface area contributed by atoms with Gasteiger partial charge in [0.15, 0.2) is 0 Å².